The van der Waals surface area contributed by atoms with Crippen molar-refractivity contribution < 1.29 is 4.39 Å². The van der Waals surface area contributed by atoms with E-state index in [-0.39, 0.29) is 5.82 Å². The Hall–Kier alpha value is -1.75. The molecule has 2 N–H and O–H groups in total. The lowest BCUT2D eigenvalue weighted by Gasteiger charge is -2.07. The van der Waals surface area contributed by atoms with Gasteiger partial charge in [0.2, 0.25) is 0 Å². The smallest absolute Gasteiger partial charge is 0.191 e. The number of benzene rings is 1. The molecule has 0 atom stereocenters. The molecule has 3 nitrogen and oxygen atoms in total. The van der Waals surface area contributed by atoms with E-state index >= 15 is 0 Å². The molecule has 1 aromatic carbocycles. The molecule has 0 fully saturated rings. The lowest BCUT2D eigenvalue weighted by atomic mass is 10.3. The van der Waals surface area contributed by atoms with Crippen molar-refractivity contribution in [3.05, 3.63) is 41.7 Å². The van der Waals surface area contributed by atoms with Crippen LogP contribution in [0.5, 0.6) is 0 Å². The number of hydrazone groups is 1. The van der Waals surface area contributed by atoms with Crippen LogP contribution >= 0.6 is 12.2 Å². The van der Waals surface area contributed by atoms with Crippen LogP contribution < -0.4 is 10.7 Å². The maximum Gasteiger partial charge on any atom is 0.191 e. The van der Waals surface area contributed by atoms with Crippen LogP contribution in [-0.2, 0) is 0 Å². The Morgan fingerprint density at radius 1 is 1.28 bits per heavy atom. The molecule has 0 aromatic heterocycles. The third-order valence-electron chi connectivity index (χ3n) is 2.59. The van der Waals surface area contributed by atoms with Crippen LogP contribution in [0.15, 0.2) is 41.0 Å². The second-order valence-electron chi connectivity index (χ2n) is 4.17. The molecule has 0 radical (unpaired) electrons. The quantitative estimate of drug-likeness (QED) is 0.635. The van der Waals surface area contributed by atoms with Gasteiger partial charge in [0.15, 0.2) is 5.11 Å². The van der Waals surface area contributed by atoms with Crippen molar-refractivity contribution in [2.45, 2.75) is 19.8 Å². The van der Waals surface area contributed by atoms with Gasteiger partial charge in [-0.15, -0.1) is 0 Å². The number of thiocarbonyl (C=S) groups is 1. The predicted octanol–water partition coefficient (Wildman–Crippen LogP) is 3.21. The topological polar surface area (TPSA) is 36.4 Å². The molecule has 18 heavy (non-hydrogen) atoms. The average Bonchev–Trinajstić information content (AvgIpc) is 2.76. The molecular weight excluding hydrogens is 249 g/mol. The molecule has 0 saturated heterocycles. The Bertz CT molecular complexity index is 505. The van der Waals surface area contributed by atoms with Crippen molar-refractivity contribution in [2.75, 3.05) is 5.32 Å². The standard InChI is InChI=1S/C13H14FN3S/c1-9-2-5-12(8-9)16-17-13(18)15-11-6-3-10(14)4-7-11/h3-4,6-8H,2,5H2,1H3,(H2,15,17,18). The second kappa shape index (κ2) is 5.73. The van der Waals surface area contributed by atoms with E-state index in [1.807, 2.05) is 6.08 Å². The molecular formula is C13H14FN3S. The summed E-state index contributed by atoms with van der Waals surface area (Å²) >= 11 is 5.09. The Kier molecular flexibility index (Phi) is 4.04. The summed E-state index contributed by atoms with van der Waals surface area (Å²) in [6, 6.07) is 5.99. The minimum atomic E-state index is -0.272. The molecule has 1 aliphatic rings. The van der Waals surface area contributed by atoms with Crippen LogP contribution in [0, 0.1) is 5.82 Å². The van der Waals surface area contributed by atoms with E-state index in [0.29, 0.717) is 5.11 Å². The van der Waals surface area contributed by atoms with Gasteiger partial charge in [0, 0.05) is 5.69 Å². The largest absolute Gasteiger partial charge is 0.331 e. The van der Waals surface area contributed by atoms with Gasteiger partial charge >= 0.3 is 0 Å². The highest BCUT2D eigenvalue weighted by atomic mass is 32.1. The number of nitrogens with one attached hydrogen (secondary N) is 2. The first-order valence-corrected chi connectivity index (χ1v) is 6.10. The number of rotatable bonds is 2. The third kappa shape index (κ3) is 3.63. The lowest BCUT2D eigenvalue weighted by molar-refractivity contribution is 0.628. The van der Waals surface area contributed by atoms with Crippen molar-refractivity contribution in [3.63, 3.8) is 0 Å². The van der Waals surface area contributed by atoms with Gasteiger partial charge < -0.3 is 5.32 Å². The first-order valence-electron chi connectivity index (χ1n) is 5.70. The number of anilines is 1. The van der Waals surface area contributed by atoms with Crippen LogP contribution in [0.25, 0.3) is 0 Å². The summed E-state index contributed by atoms with van der Waals surface area (Å²) in [4.78, 5) is 0. The molecule has 0 aliphatic heterocycles. The van der Waals surface area contributed by atoms with Gasteiger partial charge in [-0.05, 0) is 62.3 Å². The molecule has 0 heterocycles. The molecule has 0 unspecified atom stereocenters. The van der Waals surface area contributed by atoms with Gasteiger partial charge in [-0.1, -0.05) is 5.57 Å². The van der Waals surface area contributed by atoms with E-state index in [1.165, 1.54) is 17.7 Å². The highest BCUT2D eigenvalue weighted by Gasteiger charge is 2.06. The molecule has 94 valence electrons. The molecule has 0 spiro atoms. The zero-order valence-corrected chi connectivity index (χ0v) is 10.9. The fourth-order valence-corrected chi connectivity index (χ4v) is 1.82. The summed E-state index contributed by atoms with van der Waals surface area (Å²) in [5, 5.41) is 7.53. The van der Waals surface area contributed by atoms with Gasteiger partial charge in [-0.3, -0.25) is 5.43 Å². The van der Waals surface area contributed by atoms with Crippen molar-refractivity contribution in [1.29, 1.82) is 0 Å². The number of hydrogen-bond donors (Lipinski definition) is 2. The minimum Gasteiger partial charge on any atom is -0.331 e. The SMILES string of the molecule is CC1=CC(=NNC(=S)Nc2ccc(F)cc2)CC1. The third-order valence-corrected chi connectivity index (χ3v) is 2.78. The predicted molar refractivity (Wildman–Crippen MR) is 76.2 cm³/mol. The second-order valence-corrected chi connectivity index (χ2v) is 4.57. The summed E-state index contributed by atoms with van der Waals surface area (Å²) < 4.78 is 12.7. The summed E-state index contributed by atoms with van der Waals surface area (Å²) in [5.74, 6) is -0.272. The molecule has 2 rings (SSSR count). The first-order chi connectivity index (χ1) is 8.63. The van der Waals surface area contributed by atoms with E-state index in [1.54, 1.807) is 12.1 Å². The number of allylic oxidation sites excluding steroid dienone is 2. The zero-order valence-electron chi connectivity index (χ0n) is 10.0. The molecule has 0 saturated carbocycles. The normalized spacial score (nSPS) is 16.6. The summed E-state index contributed by atoms with van der Waals surface area (Å²) in [6.45, 7) is 2.08. The summed E-state index contributed by atoms with van der Waals surface area (Å²) in [5.41, 5.74) is 5.83. The van der Waals surface area contributed by atoms with E-state index in [0.717, 1.165) is 24.2 Å². The Morgan fingerprint density at radius 2 is 2.00 bits per heavy atom. The maximum atomic E-state index is 12.7. The fourth-order valence-electron chi connectivity index (χ4n) is 1.66. The van der Waals surface area contributed by atoms with Crippen molar-refractivity contribution >= 4 is 28.7 Å². The van der Waals surface area contributed by atoms with Crippen LogP contribution in [-0.4, -0.2) is 10.8 Å². The number of nitrogens with zero attached hydrogens (tertiary/aromatic N) is 1. The minimum absolute atomic E-state index is 0.272. The van der Waals surface area contributed by atoms with Crippen LogP contribution in [0.1, 0.15) is 19.8 Å². The van der Waals surface area contributed by atoms with E-state index in [2.05, 4.69) is 22.8 Å². The fraction of sp³-hybridized carbons (Fsp3) is 0.231. The van der Waals surface area contributed by atoms with Gasteiger partial charge in [-0.2, -0.15) is 5.10 Å². The average molecular weight is 263 g/mol. The number of halogens is 1. The molecule has 0 amide bonds. The Balaban J connectivity index is 1.88. The van der Waals surface area contributed by atoms with Gasteiger partial charge in [0.25, 0.3) is 0 Å². The zero-order chi connectivity index (χ0) is 13.0. The van der Waals surface area contributed by atoms with Crippen LogP contribution in [0.3, 0.4) is 0 Å². The van der Waals surface area contributed by atoms with Crippen molar-refractivity contribution in [1.82, 2.24) is 5.43 Å². The molecule has 1 aliphatic carbocycles. The van der Waals surface area contributed by atoms with Crippen LogP contribution in [0.4, 0.5) is 10.1 Å². The molecule has 0 bridgehead atoms. The van der Waals surface area contributed by atoms with Crippen LogP contribution in [0.2, 0.25) is 0 Å². The van der Waals surface area contributed by atoms with E-state index in [4.69, 9.17) is 12.2 Å². The summed E-state index contributed by atoms with van der Waals surface area (Å²) in [6.07, 6.45) is 4.05. The first kappa shape index (κ1) is 12.7. The maximum absolute atomic E-state index is 12.7. The van der Waals surface area contributed by atoms with Gasteiger partial charge in [0.05, 0.1) is 5.71 Å². The van der Waals surface area contributed by atoms with Crippen molar-refractivity contribution in [2.24, 2.45) is 5.10 Å². The molecule has 5 heteroatoms. The van der Waals surface area contributed by atoms with E-state index in [9.17, 15) is 4.39 Å². The van der Waals surface area contributed by atoms with E-state index < -0.39 is 0 Å². The Labute approximate surface area is 111 Å². The van der Waals surface area contributed by atoms with Gasteiger partial charge in [0.1, 0.15) is 5.82 Å². The van der Waals surface area contributed by atoms with Gasteiger partial charge in [-0.25, -0.2) is 4.39 Å². The highest BCUT2D eigenvalue weighted by molar-refractivity contribution is 7.80. The lowest BCUT2D eigenvalue weighted by Crippen LogP contribution is -2.24. The highest BCUT2D eigenvalue weighted by Crippen LogP contribution is 2.14. The molecule has 1 aromatic rings. The number of hydrogen-bond acceptors (Lipinski definition) is 2. The Morgan fingerprint density at radius 3 is 2.61 bits per heavy atom. The van der Waals surface area contributed by atoms with Crippen molar-refractivity contribution in [3.8, 4) is 0 Å². The monoisotopic (exact) mass is 263 g/mol. The summed E-state index contributed by atoms with van der Waals surface area (Å²) in [7, 11) is 0.